The number of halogens is 1. The van der Waals surface area contributed by atoms with Crippen molar-refractivity contribution in [2.24, 2.45) is 0 Å². The third kappa shape index (κ3) is 3.71. The van der Waals surface area contributed by atoms with Gasteiger partial charge in [-0.25, -0.2) is 5.43 Å². The molecule has 1 fully saturated rings. The van der Waals surface area contributed by atoms with Crippen LogP contribution in [0.25, 0.3) is 22.5 Å². The number of anilines is 1. The Labute approximate surface area is 200 Å². The number of hydrogen-bond donors (Lipinski definition) is 2. The van der Waals surface area contributed by atoms with E-state index < -0.39 is 18.0 Å². The van der Waals surface area contributed by atoms with Gasteiger partial charge < -0.3 is 4.42 Å². The van der Waals surface area contributed by atoms with E-state index in [4.69, 9.17) is 16.0 Å². The van der Waals surface area contributed by atoms with Gasteiger partial charge in [0.15, 0.2) is 0 Å². The van der Waals surface area contributed by atoms with Crippen molar-refractivity contribution in [3.8, 4) is 28.5 Å². The highest BCUT2D eigenvalue weighted by Gasteiger charge is 2.40. The summed E-state index contributed by atoms with van der Waals surface area (Å²) >= 11 is 6.03. The van der Waals surface area contributed by atoms with Gasteiger partial charge in [-0.05, 0) is 23.3 Å². The van der Waals surface area contributed by atoms with E-state index in [-0.39, 0.29) is 11.4 Å². The van der Waals surface area contributed by atoms with Gasteiger partial charge in [0.2, 0.25) is 5.88 Å². The number of amides is 2. The van der Waals surface area contributed by atoms with Crippen LogP contribution in [0.3, 0.4) is 0 Å². The second-order valence-corrected chi connectivity index (χ2v) is 7.99. The quantitative estimate of drug-likeness (QED) is 0.419. The Morgan fingerprint density at radius 3 is 2.12 bits per heavy atom. The smallest absolute Gasteiger partial charge is 0.324 e. The van der Waals surface area contributed by atoms with Crippen LogP contribution in [0.15, 0.2) is 89.3 Å². The largest absolute Gasteiger partial charge is 0.438 e. The van der Waals surface area contributed by atoms with Crippen molar-refractivity contribution in [2.75, 3.05) is 4.90 Å². The van der Waals surface area contributed by atoms with Gasteiger partial charge in [-0.15, -0.1) is 0 Å². The number of carbonyl (C=O) groups excluding carboxylic acids is 2. The Balaban J connectivity index is 1.75. The molecule has 0 bridgehead atoms. The van der Waals surface area contributed by atoms with Gasteiger partial charge in [0.05, 0.1) is 0 Å². The molecule has 0 unspecified atom stereocenters. The molecule has 1 saturated heterocycles. The maximum absolute atomic E-state index is 13.1. The molecule has 0 spiro atoms. The molecule has 2 amide bonds. The van der Waals surface area contributed by atoms with Crippen LogP contribution in [-0.2, 0) is 9.59 Å². The van der Waals surface area contributed by atoms with E-state index in [0.29, 0.717) is 21.9 Å². The number of nitrogens with zero attached hydrogens (tertiary/aromatic N) is 2. The number of rotatable bonds is 4. The molecule has 34 heavy (non-hydrogen) atoms. The first kappa shape index (κ1) is 21.5. The Morgan fingerprint density at radius 1 is 0.882 bits per heavy atom. The van der Waals surface area contributed by atoms with E-state index in [9.17, 15) is 14.9 Å². The van der Waals surface area contributed by atoms with Gasteiger partial charge in [-0.1, -0.05) is 84.4 Å². The van der Waals surface area contributed by atoms with E-state index in [0.717, 1.165) is 11.1 Å². The predicted octanol–water partition coefficient (Wildman–Crippen LogP) is 4.80. The molecule has 1 aliphatic heterocycles. The standard InChI is InChI=1S/C26H17ClN4O3/c27-19-13-11-18(12-14-19)23-29-30-24(32)25(33)31(23)26-20(15-28)21(16-7-3-1-4-8-16)22(34-26)17-9-5-2-6-10-17/h1-14,23,29H,(H,30,32)/t23-/m1/s1. The summed E-state index contributed by atoms with van der Waals surface area (Å²) in [6, 6.07) is 27.6. The summed E-state index contributed by atoms with van der Waals surface area (Å²) < 4.78 is 6.25. The summed E-state index contributed by atoms with van der Waals surface area (Å²) in [5.74, 6) is -1.32. The lowest BCUT2D eigenvalue weighted by atomic mass is 9.98. The third-order valence-corrected chi connectivity index (χ3v) is 5.75. The maximum atomic E-state index is 13.1. The number of nitriles is 1. The number of benzene rings is 3. The number of hydrazine groups is 1. The van der Waals surface area contributed by atoms with Crippen LogP contribution in [0.2, 0.25) is 5.02 Å². The van der Waals surface area contributed by atoms with Crippen molar-refractivity contribution in [1.29, 1.82) is 5.26 Å². The fourth-order valence-electron chi connectivity index (χ4n) is 3.93. The average molecular weight is 469 g/mol. The van der Waals surface area contributed by atoms with Gasteiger partial charge in [0.1, 0.15) is 23.6 Å². The molecule has 1 aliphatic rings. The molecular formula is C26H17ClN4O3. The number of nitrogens with one attached hydrogen (secondary N) is 2. The molecule has 5 rings (SSSR count). The van der Waals surface area contributed by atoms with Gasteiger partial charge in [-0.2, -0.15) is 5.26 Å². The highest BCUT2D eigenvalue weighted by molar-refractivity contribution is 6.41. The van der Waals surface area contributed by atoms with E-state index in [1.54, 1.807) is 24.3 Å². The zero-order valence-electron chi connectivity index (χ0n) is 17.7. The summed E-state index contributed by atoms with van der Waals surface area (Å²) in [4.78, 5) is 26.6. The normalized spacial score (nSPS) is 15.6. The first-order valence-corrected chi connectivity index (χ1v) is 10.8. The summed E-state index contributed by atoms with van der Waals surface area (Å²) in [6.07, 6.45) is -0.826. The van der Waals surface area contributed by atoms with Crippen LogP contribution >= 0.6 is 11.6 Å². The summed E-state index contributed by atoms with van der Waals surface area (Å²) in [5.41, 5.74) is 8.02. The van der Waals surface area contributed by atoms with E-state index >= 15 is 0 Å². The second-order valence-electron chi connectivity index (χ2n) is 7.56. The van der Waals surface area contributed by atoms with E-state index in [1.807, 2.05) is 60.7 Å². The van der Waals surface area contributed by atoms with Crippen LogP contribution < -0.4 is 15.8 Å². The zero-order valence-corrected chi connectivity index (χ0v) is 18.4. The average Bonchev–Trinajstić information content (AvgIpc) is 3.26. The van der Waals surface area contributed by atoms with Gasteiger partial charge in [0.25, 0.3) is 0 Å². The monoisotopic (exact) mass is 468 g/mol. The topological polar surface area (TPSA) is 98.4 Å². The van der Waals surface area contributed by atoms with Gasteiger partial charge >= 0.3 is 11.8 Å². The molecule has 4 aromatic rings. The molecule has 3 aromatic carbocycles. The molecular weight excluding hydrogens is 452 g/mol. The molecule has 7 nitrogen and oxygen atoms in total. The van der Waals surface area contributed by atoms with Gasteiger partial charge in [0, 0.05) is 16.1 Å². The van der Waals surface area contributed by atoms with E-state index in [1.165, 1.54) is 4.90 Å². The summed E-state index contributed by atoms with van der Waals surface area (Å²) in [5, 5.41) is 10.7. The number of furan rings is 1. The first-order valence-electron chi connectivity index (χ1n) is 10.4. The third-order valence-electron chi connectivity index (χ3n) is 5.50. The summed E-state index contributed by atoms with van der Waals surface area (Å²) in [7, 11) is 0. The van der Waals surface area contributed by atoms with Crippen LogP contribution in [-0.4, -0.2) is 11.8 Å². The van der Waals surface area contributed by atoms with Crippen LogP contribution in [0, 0.1) is 11.3 Å². The lowest BCUT2D eigenvalue weighted by Gasteiger charge is -2.34. The Morgan fingerprint density at radius 2 is 1.50 bits per heavy atom. The lowest BCUT2D eigenvalue weighted by Crippen LogP contribution is -2.60. The zero-order chi connectivity index (χ0) is 23.7. The Bertz CT molecular complexity index is 1410. The molecule has 166 valence electrons. The fourth-order valence-corrected chi connectivity index (χ4v) is 4.06. The molecule has 0 radical (unpaired) electrons. The minimum absolute atomic E-state index is 0.0208. The minimum Gasteiger partial charge on any atom is -0.438 e. The molecule has 0 aliphatic carbocycles. The fraction of sp³-hybridized carbons (Fsp3) is 0.0385. The van der Waals surface area contributed by atoms with Crippen molar-refractivity contribution in [1.82, 2.24) is 10.9 Å². The lowest BCUT2D eigenvalue weighted by molar-refractivity contribution is -0.141. The minimum atomic E-state index is -0.868. The Kier molecular flexibility index (Phi) is 5.60. The van der Waals surface area contributed by atoms with Crippen LogP contribution in [0.4, 0.5) is 5.88 Å². The SMILES string of the molecule is N#Cc1c(N2C(=O)C(=O)NN[C@H]2c2ccc(Cl)cc2)oc(-c2ccccc2)c1-c1ccccc1. The molecule has 1 aromatic heterocycles. The molecule has 8 heteroatoms. The van der Waals surface area contributed by atoms with Crippen molar-refractivity contribution in [3.63, 3.8) is 0 Å². The van der Waals surface area contributed by atoms with Crippen LogP contribution in [0.1, 0.15) is 17.3 Å². The highest BCUT2D eigenvalue weighted by Crippen LogP contribution is 2.44. The first-order chi connectivity index (χ1) is 16.6. The molecule has 0 saturated carbocycles. The molecule has 1 atom stereocenters. The summed E-state index contributed by atoms with van der Waals surface area (Å²) in [6.45, 7) is 0. The molecule has 2 heterocycles. The molecule has 2 N–H and O–H groups in total. The second kappa shape index (κ2) is 8.87. The van der Waals surface area contributed by atoms with Crippen molar-refractivity contribution in [2.45, 2.75) is 6.17 Å². The highest BCUT2D eigenvalue weighted by atomic mass is 35.5. The maximum Gasteiger partial charge on any atom is 0.324 e. The van der Waals surface area contributed by atoms with Crippen molar-refractivity contribution in [3.05, 3.63) is 101 Å². The number of hydrogen-bond acceptors (Lipinski definition) is 5. The van der Waals surface area contributed by atoms with Crippen molar-refractivity contribution < 1.29 is 14.0 Å². The number of carbonyl (C=O) groups is 2. The van der Waals surface area contributed by atoms with Gasteiger partial charge in [-0.3, -0.25) is 19.9 Å². The Hall–Kier alpha value is -4.38. The predicted molar refractivity (Wildman–Crippen MR) is 127 cm³/mol. The van der Waals surface area contributed by atoms with E-state index in [2.05, 4.69) is 16.9 Å². The van der Waals surface area contributed by atoms with Crippen LogP contribution in [0.5, 0.6) is 0 Å². The van der Waals surface area contributed by atoms with Crippen molar-refractivity contribution >= 4 is 29.3 Å².